The van der Waals surface area contributed by atoms with E-state index in [2.05, 4.69) is 21.4 Å². The van der Waals surface area contributed by atoms with E-state index in [0.29, 0.717) is 18.2 Å². The first-order valence-corrected chi connectivity index (χ1v) is 6.75. The number of benzene rings is 2. The van der Waals surface area contributed by atoms with Gasteiger partial charge < -0.3 is 0 Å². The van der Waals surface area contributed by atoms with Crippen LogP contribution in [0.3, 0.4) is 0 Å². The molecule has 0 bridgehead atoms. The standard InChI is InChI=1S/C14H13BrClNO/c15-13-8-12(6-7-14(13)16)9-17-18-10-11-4-2-1-3-5-11/h1-8,17H,9-10H2. The van der Waals surface area contributed by atoms with Crippen LogP contribution < -0.4 is 5.48 Å². The van der Waals surface area contributed by atoms with Gasteiger partial charge in [-0.1, -0.05) is 48.0 Å². The SMILES string of the molecule is Clc1ccc(CNOCc2ccccc2)cc1Br. The molecule has 0 unspecified atom stereocenters. The second-order valence-corrected chi connectivity index (χ2v) is 5.11. The van der Waals surface area contributed by atoms with Crippen molar-refractivity contribution in [1.29, 1.82) is 0 Å². The molecule has 0 heterocycles. The molecule has 0 aromatic heterocycles. The van der Waals surface area contributed by atoms with Crippen molar-refractivity contribution < 1.29 is 4.84 Å². The van der Waals surface area contributed by atoms with Crippen molar-refractivity contribution in [1.82, 2.24) is 5.48 Å². The summed E-state index contributed by atoms with van der Waals surface area (Å²) in [5.41, 5.74) is 5.18. The van der Waals surface area contributed by atoms with Gasteiger partial charge in [0.2, 0.25) is 0 Å². The van der Waals surface area contributed by atoms with Gasteiger partial charge in [-0.2, -0.15) is 5.48 Å². The fourth-order valence-corrected chi connectivity index (χ4v) is 2.04. The fourth-order valence-electron chi connectivity index (χ4n) is 1.49. The van der Waals surface area contributed by atoms with Crippen LogP contribution in [0.2, 0.25) is 5.02 Å². The predicted molar refractivity (Wildman–Crippen MR) is 77.2 cm³/mol. The zero-order valence-corrected chi connectivity index (χ0v) is 12.0. The van der Waals surface area contributed by atoms with Gasteiger partial charge in [-0.15, -0.1) is 0 Å². The van der Waals surface area contributed by atoms with E-state index in [1.807, 2.05) is 48.5 Å². The van der Waals surface area contributed by atoms with Crippen LogP contribution in [0.5, 0.6) is 0 Å². The summed E-state index contributed by atoms with van der Waals surface area (Å²) in [7, 11) is 0. The molecule has 4 heteroatoms. The van der Waals surface area contributed by atoms with Crippen molar-refractivity contribution in [2.24, 2.45) is 0 Å². The van der Waals surface area contributed by atoms with Gasteiger partial charge in [0.05, 0.1) is 11.6 Å². The van der Waals surface area contributed by atoms with Crippen LogP contribution >= 0.6 is 27.5 Å². The normalized spacial score (nSPS) is 10.6. The Labute approximate surface area is 120 Å². The molecule has 0 fully saturated rings. The number of nitrogens with one attached hydrogen (secondary N) is 1. The van der Waals surface area contributed by atoms with Crippen molar-refractivity contribution in [2.75, 3.05) is 0 Å². The highest BCUT2D eigenvalue weighted by Crippen LogP contribution is 2.23. The Kier molecular flexibility index (Phi) is 5.20. The lowest BCUT2D eigenvalue weighted by Gasteiger charge is -2.07. The Balaban J connectivity index is 1.77. The molecular formula is C14H13BrClNO. The summed E-state index contributed by atoms with van der Waals surface area (Å²) in [5.74, 6) is 0. The minimum Gasteiger partial charge on any atom is -0.297 e. The minimum absolute atomic E-state index is 0.551. The van der Waals surface area contributed by atoms with Crippen LogP contribution in [-0.2, 0) is 18.0 Å². The first-order chi connectivity index (χ1) is 8.75. The van der Waals surface area contributed by atoms with Gasteiger partial charge in [0.1, 0.15) is 0 Å². The predicted octanol–water partition coefficient (Wildman–Crippen LogP) is 4.32. The molecule has 2 nitrogen and oxygen atoms in total. The highest BCUT2D eigenvalue weighted by atomic mass is 79.9. The first kappa shape index (κ1) is 13.6. The topological polar surface area (TPSA) is 21.3 Å². The number of hydrogen-bond acceptors (Lipinski definition) is 2. The monoisotopic (exact) mass is 325 g/mol. The summed E-state index contributed by atoms with van der Waals surface area (Å²) in [6.07, 6.45) is 0. The van der Waals surface area contributed by atoms with Crippen LogP contribution in [0, 0.1) is 0 Å². The fraction of sp³-hybridized carbons (Fsp3) is 0.143. The molecule has 2 rings (SSSR count). The third-order valence-corrected chi connectivity index (χ3v) is 3.66. The zero-order valence-electron chi connectivity index (χ0n) is 9.70. The zero-order chi connectivity index (χ0) is 12.8. The number of rotatable bonds is 5. The smallest absolute Gasteiger partial charge is 0.0933 e. The second-order valence-electron chi connectivity index (χ2n) is 3.84. The number of hydrogen-bond donors (Lipinski definition) is 1. The summed E-state index contributed by atoms with van der Waals surface area (Å²) in [5, 5.41) is 0.712. The van der Waals surface area contributed by atoms with E-state index in [0.717, 1.165) is 15.6 Å². The lowest BCUT2D eigenvalue weighted by molar-refractivity contribution is 0.0235. The Morgan fingerprint density at radius 3 is 2.56 bits per heavy atom. The Morgan fingerprint density at radius 1 is 1.06 bits per heavy atom. The van der Waals surface area contributed by atoms with Gasteiger partial charge in [0.25, 0.3) is 0 Å². The molecule has 18 heavy (non-hydrogen) atoms. The van der Waals surface area contributed by atoms with Gasteiger partial charge in [-0.05, 0) is 39.2 Å². The van der Waals surface area contributed by atoms with Crippen molar-refractivity contribution in [3.05, 3.63) is 69.2 Å². The molecule has 0 aliphatic rings. The van der Waals surface area contributed by atoms with Crippen molar-refractivity contribution >= 4 is 27.5 Å². The van der Waals surface area contributed by atoms with Gasteiger partial charge >= 0.3 is 0 Å². The highest BCUT2D eigenvalue weighted by Gasteiger charge is 1.99. The molecule has 0 spiro atoms. The van der Waals surface area contributed by atoms with Crippen LogP contribution in [0.25, 0.3) is 0 Å². The molecular weight excluding hydrogens is 314 g/mol. The molecule has 1 N–H and O–H groups in total. The van der Waals surface area contributed by atoms with Crippen LogP contribution in [-0.4, -0.2) is 0 Å². The summed E-state index contributed by atoms with van der Waals surface area (Å²) in [6, 6.07) is 15.8. The molecule has 0 aliphatic heterocycles. The molecule has 0 atom stereocenters. The van der Waals surface area contributed by atoms with E-state index in [1.165, 1.54) is 0 Å². The number of hydroxylamine groups is 1. The number of halogens is 2. The van der Waals surface area contributed by atoms with Crippen molar-refractivity contribution in [3.63, 3.8) is 0 Å². The van der Waals surface area contributed by atoms with Gasteiger partial charge in [0, 0.05) is 11.0 Å². The summed E-state index contributed by atoms with van der Waals surface area (Å²) >= 11 is 9.31. The van der Waals surface area contributed by atoms with Gasteiger partial charge in [0.15, 0.2) is 0 Å². The maximum atomic E-state index is 5.92. The Morgan fingerprint density at radius 2 is 1.83 bits per heavy atom. The average Bonchev–Trinajstić information content (AvgIpc) is 2.40. The molecule has 2 aromatic rings. The van der Waals surface area contributed by atoms with E-state index in [4.69, 9.17) is 16.4 Å². The molecule has 94 valence electrons. The van der Waals surface area contributed by atoms with E-state index in [9.17, 15) is 0 Å². The molecule has 2 aromatic carbocycles. The first-order valence-electron chi connectivity index (χ1n) is 5.58. The van der Waals surface area contributed by atoms with Crippen LogP contribution in [0.1, 0.15) is 11.1 Å². The molecule has 0 saturated carbocycles. The molecule has 0 saturated heterocycles. The molecule has 0 amide bonds. The Hall–Kier alpha value is -0.870. The average molecular weight is 327 g/mol. The maximum absolute atomic E-state index is 5.92. The molecule has 0 aliphatic carbocycles. The summed E-state index contributed by atoms with van der Waals surface area (Å²) in [4.78, 5) is 5.40. The van der Waals surface area contributed by atoms with Crippen molar-refractivity contribution in [2.45, 2.75) is 13.2 Å². The van der Waals surface area contributed by atoms with Gasteiger partial charge in [-0.3, -0.25) is 4.84 Å². The van der Waals surface area contributed by atoms with E-state index in [-0.39, 0.29) is 0 Å². The minimum atomic E-state index is 0.551. The van der Waals surface area contributed by atoms with Gasteiger partial charge in [-0.25, -0.2) is 0 Å². The van der Waals surface area contributed by atoms with E-state index >= 15 is 0 Å². The van der Waals surface area contributed by atoms with Crippen LogP contribution in [0.4, 0.5) is 0 Å². The van der Waals surface area contributed by atoms with Crippen molar-refractivity contribution in [3.8, 4) is 0 Å². The van der Waals surface area contributed by atoms with Crippen LogP contribution in [0.15, 0.2) is 53.0 Å². The van der Waals surface area contributed by atoms with E-state index < -0.39 is 0 Å². The van der Waals surface area contributed by atoms with E-state index in [1.54, 1.807) is 0 Å². The highest BCUT2D eigenvalue weighted by molar-refractivity contribution is 9.10. The summed E-state index contributed by atoms with van der Waals surface area (Å²) in [6.45, 7) is 1.19. The maximum Gasteiger partial charge on any atom is 0.0933 e. The second kappa shape index (κ2) is 6.90. The third-order valence-electron chi connectivity index (χ3n) is 2.44. The quantitative estimate of drug-likeness (QED) is 0.652. The lowest BCUT2D eigenvalue weighted by atomic mass is 10.2. The largest absolute Gasteiger partial charge is 0.297 e. The summed E-state index contributed by atoms with van der Waals surface area (Å²) < 4.78 is 0.895. The third kappa shape index (κ3) is 4.10. The lowest BCUT2D eigenvalue weighted by Crippen LogP contribution is -2.13. The Bertz CT molecular complexity index is 504. The molecule has 0 radical (unpaired) electrons.